The molecule has 0 aliphatic carbocycles. The molecule has 0 unspecified atom stereocenters. The second-order valence-corrected chi connectivity index (χ2v) is 6.52. The second-order valence-electron chi connectivity index (χ2n) is 6.52. The van der Waals surface area contributed by atoms with E-state index in [9.17, 15) is 4.79 Å². The molecular formula is C19H24N4O2. The van der Waals surface area contributed by atoms with Gasteiger partial charge in [-0.15, -0.1) is 10.2 Å². The van der Waals surface area contributed by atoms with Crippen molar-refractivity contribution in [1.29, 1.82) is 0 Å². The van der Waals surface area contributed by atoms with Gasteiger partial charge in [0.25, 0.3) is 0 Å². The summed E-state index contributed by atoms with van der Waals surface area (Å²) in [6, 6.07) is 11.2. The summed E-state index contributed by atoms with van der Waals surface area (Å²) in [5, 5.41) is 11.2. The van der Waals surface area contributed by atoms with E-state index in [0.717, 1.165) is 36.1 Å². The third-order valence-corrected chi connectivity index (χ3v) is 4.55. The highest BCUT2D eigenvalue weighted by Gasteiger charge is 2.17. The zero-order chi connectivity index (χ0) is 17.6. The number of ether oxygens (including phenoxy) is 1. The van der Waals surface area contributed by atoms with Gasteiger partial charge in [-0.1, -0.05) is 19.1 Å². The van der Waals surface area contributed by atoms with Crippen LogP contribution < -0.4 is 15.0 Å². The highest BCUT2D eigenvalue weighted by Crippen LogP contribution is 2.21. The van der Waals surface area contributed by atoms with E-state index in [1.807, 2.05) is 36.4 Å². The van der Waals surface area contributed by atoms with Crippen molar-refractivity contribution in [2.24, 2.45) is 5.92 Å². The number of piperidine rings is 1. The van der Waals surface area contributed by atoms with Crippen LogP contribution in [0.25, 0.3) is 0 Å². The van der Waals surface area contributed by atoms with Gasteiger partial charge in [-0.2, -0.15) is 0 Å². The molecule has 2 heterocycles. The van der Waals surface area contributed by atoms with Crippen molar-refractivity contribution in [3.8, 4) is 5.75 Å². The molecule has 3 rings (SSSR count). The van der Waals surface area contributed by atoms with Crippen molar-refractivity contribution in [1.82, 2.24) is 10.2 Å². The van der Waals surface area contributed by atoms with Crippen LogP contribution in [0.15, 0.2) is 36.4 Å². The Morgan fingerprint density at radius 1 is 1.16 bits per heavy atom. The number of anilines is 2. The zero-order valence-corrected chi connectivity index (χ0v) is 14.7. The molecule has 0 atom stereocenters. The van der Waals surface area contributed by atoms with Crippen LogP contribution in [-0.4, -0.2) is 36.3 Å². The van der Waals surface area contributed by atoms with Gasteiger partial charge in [0, 0.05) is 13.1 Å². The summed E-state index contributed by atoms with van der Waals surface area (Å²) >= 11 is 0. The fraction of sp³-hybridized carbons (Fsp3) is 0.421. The molecule has 6 nitrogen and oxygen atoms in total. The molecule has 0 bridgehead atoms. The lowest BCUT2D eigenvalue weighted by molar-refractivity contribution is -0.115. The van der Waals surface area contributed by atoms with Crippen LogP contribution in [0.1, 0.15) is 25.3 Å². The topological polar surface area (TPSA) is 67.3 Å². The van der Waals surface area contributed by atoms with Crippen molar-refractivity contribution in [3.05, 3.63) is 42.0 Å². The molecule has 1 N–H and O–H groups in total. The average molecular weight is 340 g/mol. The standard InChI is InChI=1S/C19H24N4O2/c1-14-9-11-23(12-10-14)18-8-7-17(21-22-18)20-19(24)13-15-3-5-16(25-2)6-4-15/h3-8,14H,9-13H2,1-2H3,(H,20,21,24). The van der Waals surface area contributed by atoms with Crippen molar-refractivity contribution in [2.45, 2.75) is 26.2 Å². The van der Waals surface area contributed by atoms with Crippen LogP contribution >= 0.6 is 0 Å². The van der Waals surface area contributed by atoms with Crippen LogP contribution in [0.3, 0.4) is 0 Å². The summed E-state index contributed by atoms with van der Waals surface area (Å²) in [5.74, 6) is 2.80. The number of hydrogen-bond acceptors (Lipinski definition) is 5. The van der Waals surface area contributed by atoms with E-state index in [0.29, 0.717) is 5.82 Å². The van der Waals surface area contributed by atoms with E-state index in [1.165, 1.54) is 12.8 Å². The van der Waals surface area contributed by atoms with Gasteiger partial charge in [0.05, 0.1) is 13.5 Å². The predicted molar refractivity (Wildman–Crippen MR) is 98.0 cm³/mol. The smallest absolute Gasteiger partial charge is 0.229 e. The Balaban J connectivity index is 1.54. The summed E-state index contributed by atoms with van der Waals surface area (Å²) in [5.41, 5.74) is 0.922. The largest absolute Gasteiger partial charge is 0.497 e. The number of aromatic nitrogens is 2. The quantitative estimate of drug-likeness (QED) is 0.906. The lowest BCUT2D eigenvalue weighted by Gasteiger charge is -2.30. The number of hydrogen-bond donors (Lipinski definition) is 1. The molecule has 1 aliphatic rings. The van der Waals surface area contributed by atoms with E-state index < -0.39 is 0 Å². The molecule has 1 saturated heterocycles. The third-order valence-electron chi connectivity index (χ3n) is 4.55. The Morgan fingerprint density at radius 3 is 2.48 bits per heavy atom. The SMILES string of the molecule is COc1ccc(CC(=O)Nc2ccc(N3CCC(C)CC3)nn2)cc1. The Hall–Kier alpha value is -2.63. The summed E-state index contributed by atoms with van der Waals surface area (Å²) in [6.07, 6.45) is 2.65. The minimum Gasteiger partial charge on any atom is -0.497 e. The Morgan fingerprint density at radius 2 is 1.88 bits per heavy atom. The molecule has 132 valence electrons. The number of nitrogens with one attached hydrogen (secondary N) is 1. The van der Waals surface area contributed by atoms with Gasteiger partial charge in [0.15, 0.2) is 11.6 Å². The number of nitrogens with zero attached hydrogens (tertiary/aromatic N) is 3. The lowest BCUT2D eigenvalue weighted by atomic mass is 9.99. The van der Waals surface area contributed by atoms with Crippen LogP contribution in [-0.2, 0) is 11.2 Å². The van der Waals surface area contributed by atoms with Crippen LogP contribution in [0.2, 0.25) is 0 Å². The maximum Gasteiger partial charge on any atom is 0.229 e. The molecule has 25 heavy (non-hydrogen) atoms. The molecule has 0 spiro atoms. The summed E-state index contributed by atoms with van der Waals surface area (Å²) < 4.78 is 5.11. The first kappa shape index (κ1) is 17.2. The molecule has 6 heteroatoms. The van der Waals surface area contributed by atoms with Crippen LogP contribution in [0, 0.1) is 5.92 Å². The van der Waals surface area contributed by atoms with Crippen molar-refractivity contribution < 1.29 is 9.53 Å². The predicted octanol–water partition coefficient (Wildman–Crippen LogP) is 2.90. The minimum atomic E-state index is -0.112. The number of rotatable bonds is 5. The van der Waals surface area contributed by atoms with Gasteiger partial charge in [0.2, 0.25) is 5.91 Å². The minimum absolute atomic E-state index is 0.112. The fourth-order valence-electron chi connectivity index (χ4n) is 2.91. The molecule has 1 aromatic carbocycles. The van der Waals surface area contributed by atoms with Gasteiger partial charge in [-0.25, -0.2) is 0 Å². The molecule has 1 fully saturated rings. The van der Waals surface area contributed by atoms with Gasteiger partial charge < -0.3 is 15.0 Å². The highest BCUT2D eigenvalue weighted by molar-refractivity contribution is 5.91. The monoisotopic (exact) mass is 340 g/mol. The van der Waals surface area contributed by atoms with Gasteiger partial charge in [-0.05, 0) is 48.6 Å². The van der Waals surface area contributed by atoms with E-state index >= 15 is 0 Å². The Kier molecular flexibility index (Phi) is 5.48. The molecule has 1 aromatic heterocycles. The van der Waals surface area contributed by atoms with E-state index in [2.05, 4.69) is 27.3 Å². The van der Waals surface area contributed by atoms with Crippen molar-refractivity contribution in [2.75, 3.05) is 30.4 Å². The lowest BCUT2D eigenvalue weighted by Crippen LogP contribution is -2.33. The van der Waals surface area contributed by atoms with Gasteiger partial charge >= 0.3 is 0 Å². The number of carbonyl (C=O) groups excluding carboxylic acids is 1. The first-order valence-corrected chi connectivity index (χ1v) is 8.65. The summed E-state index contributed by atoms with van der Waals surface area (Å²) in [7, 11) is 1.62. The normalized spacial score (nSPS) is 15.0. The highest BCUT2D eigenvalue weighted by atomic mass is 16.5. The maximum absolute atomic E-state index is 12.1. The van der Waals surface area contributed by atoms with Crippen LogP contribution in [0.5, 0.6) is 5.75 Å². The Bertz CT molecular complexity index is 692. The van der Waals surface area contributed by atoms with Crippen molar-refractivity contribution in [3.63, 3.8) is 0 Å². The summed E-state index contributed by atoms with van der Waals surface area (Å²) in [4.78, 5) is 14.4. The second kappa shape index (κ2) is 7.96. The van der Waals surface area contributed by atoms with Gasteiger partial charge in [-0.3, -0.25) is 4.79 Å². The fourth-order valence-corrected chi connectivity index (χ4v) is 2.91. The first-order valence-electron chi connectivity index (χ1n) is 8.65. The third kappa shape index (κ3) is 4.68. The average Bonchev–Trinajstić information content (AvgIpc) is 2.64. The maximum atomic E-state index is 12.1. The number of amides is 1. The first-order chi connectivity index (χ1) is 12.1. The molecule has 0 saturated carbocycles. The molecule has 2 aromatic rings. The number of methoxy groups -OCH3 is 1. The van der Waals surface area contributed by atoms with Gasteiger partial charge in [0.1, 0.15) is 5.75 Å². The molecule has 0 radical (unpaired) electrons. The number of carbonyl (C=O) groups is 1. The van der Waals surface area contributed by atoms with E-state index in [1.54, 1.807) is 7.11 Å². The molecular weight excluding hydrogens is 316 g/mol. The van der Waals surface area contributed by atoms with Crippen molar-refractivity contribution >= 4 is 17.5 Å². The molecule has 1 amide bonds. The molecule has 1 aliphatic heterocycles. The Labute approximate surface area is 148 Å². The van der Waals surface area contributed by atoms with E-state index in [-0.39, 0.29) is 12.3 Å². The van der Waals surface area contributed by atoms with E-state index in [4.69, 9.17) is 4.74 Å². The number of benzene rings is 1. The zero-order valence-electron chi connectivity index (χ0n) is 14.7. The summed E-state index contributed by atoms with van der Waals surface area (Å²) in [6.45, 7) is 4.31. The van der Waals surface area contributed by atoms with Crippen LogP contribution in [0.4, 0.5) is 11.6 Å².